The molecular formula is C20H20F3N5O4. The second-order valence-electron chi connectivity index (χ2n) is 7.11. The van der Waals surface area contributed by atoms with Gasteiger partial charge in [-0.2, -0.15) is 13.2 Å². The van der Waals surface area contributed by atoms with Crippen LogP contribution in [0.25, 0.3) is 0 Å². The van der Waals surface area contributed by atoms with Crippen molar-refractivity contribution in [2.75, 3.05) is 19.0 Å². The maximum atomic E-state index is 13.1. The number of alkyl halides is 3. The molecule has 12 heteroatoms. The number of amides is 3. The molecule has 32 heavy (non-hydrogen) atoms. The van der Waals surface area contributed by atoms with Gasteiger partial charge in [-0.25, -0.2) is 4.98 Å². The summed E-state index contributed by atoms with van der Waals surface area (Å²) in [5.74, 6) is -3.07. The highest BCUT2D eigenvalue weighted by molar-refractivity contribution is 6.39. The van der Waals surface area contributed by atoms with Gasteiger partial charge in [-0.1, -0.05) is 0 Å². The number of carbonyl (C=O) groups is 3. The first-order chi connectivity index (χ1) is 15.1. The van der Waals surface area contributed by atoms with Gasteiger partial charge in [0.2, 0.25) is 5.91 Å². The summed E-state index contributed by atoms with van der Waals surface area (Å²) in [5, 5.41) is 2.37. The highest BCUT2D eigenvalue weighted by Crippen LogP contribution is 2.38. The van der Waals surface area contributed by atoms with E-state index in [0.29, 0.717) is 24.8 Å². The lowest BCUT2D eigenvalue weighted by molar-refractivity contribution is -0.146. The van der Waals surface area contributed by atoms with Gasteiger partial charge in [0.25, 0.3) is 0 Å². The third kappa shape index (κ3) is 4.95. The molecule has 1 aliphatic heterocycles. The molecule has 0 saturated carbocycles. The van der Waals surface area contributed by atoms with E-state index in [0.717, 1.165) is 13.3 Å². The average Bonchev–Trinajstić information content (AvgIpc) is 2.77. The Kier molecular flexibility index (Phi) is 6.61. The molecule has 0 spiro atoms. The van der Waals surface area contributed by atoms with Gasteiger partial charge in [-0.3, -0.25) is 19.4 Å². The molecule has 1 aliphatic rings. The van der Waals surface area contributed by atoms with Crippen LogP contribution in [-0.4, -0.2) is 46.2 Å². The van der Waals surface area contributed by atoms with Crippen molar-refractivity contribution in [2.24, 2.45) is 5.73 Å². The number of nitrogens with two attached hydrogens (primary N) is 1. The highest BCUT2D eigenvalue weighted by Gasteiger charge is 2.38. The Morgan fingerprint density at radius 2 is 1.94 bits per heavy atom. The number of halogens is 3. The Morgan fingerprint density at radius 1 is 1.19 bits per heavy atom. The van der Waals surface area contributed by atoms with Crippen LogP contribution < -0.4 is 15.8 Å². The number of aromatic nitrogens is 2. The summed E-state index contributed by atoms with van der Waals surface area (Å²) in [6.07, 6.45) is 0.581. The Balaban J connectivity index is 1.83. The third-order valence-corrected chi connectivity index (χ3v) is 4.99. The van der Waals surface area contributed by atoms with Crippen molar-refractivity contribution in [1.29, 1.82) is 0 Å². The first-order valence-electron chi connectivity index (χ1n) is 9.59. The minimum Gasteiger partial charge on any atom is -0.494 e. The van der Waals surface area contributed by atoms with E-state index in [9.17, 15) is 27.6 Å². The molecule has 1 fully saturated rings. The van der Waals surface area contributed by atoms with E-state index in [1.165, 1.54) is 29.4 Å². The van der Waals surface area contributed by atoms with Crippen LogP contribution >= 0.6 is 0 Å². The van der Waals surface area contributed by atoms with Crippen LogP contribution in [0, 0.1) is 0 Å². The number of nitrogens with one attached hydrogen (secondary N) is 1. The Bertz CT molecular complexity index is 1040. The number of anilines is 1. The molecule has 2 aromatic rings. The molecule has 3 heterocycles. The second-order valence-corrected chi connectivity index (χ2v) is 7.11. The quantitative estimate of drug-likeness (QED) is 0.687. The number of primary amides is 1. The Labute approximate surface area is 180 Å². The molecule has 0 bridgehead atoms. The van der Waals surface area contributed by atoms with Gasteiger partial charge >= 0.3 is 18.0 Å². The fraction of sp³-hybridized carbons (Fsp3) is 0.350. The van der Waals surface area contributed by atoms with E-state index < -0.39 is 41.4 Å². The van der Waals surface area contributed by atoms with Gasteiger partial charge in [0.1, 0.15) is 5.75 Å². The standard InChI is InChI=1S/C20H20F3N5O4/c1-32-15-7-11(9-26-16(15)20(21,22)23)14-4-2-3-5-28(14)19(31)18(30)27-13-6-12(17(24)29)8-25-10-13/h6-10,14H,2-5H2,1H3,(H2,24,29)(H,27,30)/t14-/m0/s1. The Hall–Kier alpha value is -3.70. The zero-order valence-electron chi connectivity index (χ0n) is 17.0. The number of methoxy groups -OCH3 is 1. The Morgan fingerprint density at radius 3 is 2.59 bits per heavy atom. The lowest BCUT2D eigenvalue weighted by Crippen LogP contribution is -2.44. The van der Waals surface area contributed by atoms with Crippen molar-refractivity contribution in [3.05, 3.63) is 47.5 Å². The number of hydrogen-bond donors (Lipinski definition) is 2. The predicted molar refractivity (Wildman–Crippen MR) is 105 cm³/mol. The van der Waals surface area contributed by atoms with Gasteiger partial charge in [-0.15, -0.1) is 0 Å². The lowest BCUT2D eigenvalue weighted by atomic mass is 9.95. The van der Waals surface area contributed by atoms with Crippen molar-refractivity contribution in [3.63, 3.8) is 0 Å². The molecule has 3 N–H and O–H groups in total. The summed E-state index contributed by atoms with van der Waals surface area (Å²) < 4.78 is 44.2. The molecule has 0 aliphatic carbocycles. The molecule has 3 rings (SSSR count). The molecule has 170 valence electrons. The molecule has 1 atom stereocenters. The van der Waals surface area contributed by atoms with E-state index in [1.807, 2.05) is 0 Å². The van der Waals surface area contributed by atoms with Crippen molar-refractivity contribution in [1.82, 2.24) is 14.9 Å². The van der Waals surface area contributed by atoms with Gasteiger partial charge in [0.05, 0.1) is 30.6 Å². The summed E-state index contributed by atoms with van der Waals surface area (Å²) in [6.45, 7) is 0.236. The SMILES string of the molecule is COc1cc([C@@H]2CCCCN2C(=O)C(=O)Nc2cncc(C(N)=O)c2)cnc1C(F)(F)F. The van der Waals surface area contributed by atoms with E-state index in [4.69, 9.17) is 10.5 Å². The van der Waals surface area contributed by atoms with Gasteiger partial charge in [-0.05, 0) is 37.0 Å². The zero-order chi connectivity index (χ0) is 23.5. The number of carbonyl (C=O) groups excluding carboxylic acids is 3. The number of pyridine rings is 2. The summed E-state index contributed by atoms with van der Waals surface area (Å²) in [7, 11) is 1.10. The summed E-state index contributed by atoms with van der Waals surface area (Å²) in [6, 6.07) is 1.81. The van der Waals surface area contributed by atoms with E-state index in [2.05, 4.69) is 15.3 Å². The first kappa shape index (κ1) is 23.0. The van der Waals surface area contributed by atoms with Crippen LogP contribution in [0.3, 0.4) is 0 Å². The van der Waals surface area contributed by atoms with Crippen molar-refractivity contribution >= 4 is 23.4 Å². The average molecular weight is 451 g/mol. The highest BCUT2D eigenvalue weighted by atomic mass is 19.4. The molecule has 3 amide bonds. The second kappa shape index (κ2) is 9.20. The van der Waals surface area contributed by atoms with Crippen molar-refractivity contribution in [2.45, 2.75) is 31.5 Å². The van der Waals surface area contributed by atoms with Crippen molar-refractivity contribution < 1.29 is 32.3 Å². The molecule has 0 unspecified atom stereocenters. The van der Waals surface area contributed by atoms with Crippen LogP contribution in [-0.2, 0) is 15.8 Å². The molecule has 0 aromatic carbocycles. The summed E-state index contributed by atoms with van der Waals surface area (Å²) >= 11 is 0. The molecule has 1 saturated heterocycles. The fourth-order valence-electron chi connectivity index (χ4n) is 3.49. The van der Waals surface area contributed by atoms with Crippen LogP contribution in [0.15, 0.2) is 30.7 Å². The van der Waals surface area contributed by atoms with Gasteiger partial charge in [0.15, 0.2) is 5.69 Å². The van der Waals surface area contributed by atoms with Crippen LogP contribution in [0.5, 0.6) is 5.75 Å². The maximum absolute atomic E-state index is 13.1. The monoisotopic (exact) mass is 451 g/mol. The number of ether oxygens (including phenoxy) is 1. The number of likely N-dealkylation sites (tertiary alicyclic amines) is 1. The fourth-order valence-corrected chi connectivity index (χ4v) is 3.49. The number of nitrogens with zero attached hydrogens (tertiary/aromatic N) is 3. The molecule has 0 radical (unpaired) electrons. The topological polar surface area (TPSA) is 128 Å². The van der Waals surface area contributed by atoms with Gasteiger partial charge in [0, 0.05) is 18.9 Å². The van der Waals surface area contributed by atoms with Crippen LogP contribution in [0.1, 0.15) is 46.9 Å². The molecule has 2 aromatic heterocycles. The van der Waals surface area contributed by atoms with Gasteiger partial charge < -0.3 is 20.7 Å². The summed E-state index contributed by atoms with van der Waals surface area (Å²) in [5.41, 5.74) is 4.49. The van der Waals surface area contributed by atoms with Crippen LogP contribution in [0.4, 0.5) is 18.9 Å². The maximum Gasteiger partial charge on any atom is 0.437 e. The largest absolute Gasteiger partial charge is 0.494 e. The van der Waals surface area contributed by atoms with E-state index >= 15 is 0 Å². The third-order valence-electron chi connectivity index (χ3n) is 4.99. The first-order valence-corrected chi connectivity index (χ1v) is 9.59. The molecule has 9 nitrogen and oxygen atoms in total. The van der Waals surface area contributed by atoms with Crippen LogP contribution in [0.2, 0.25) is 0 Å². The summed E-state index contributed by atoms with van der Waals surface area (Å²) in [4.78, 5) is 45.2. The lowest BCUT2D eigenvalue weighted by Gasteiger charge is -2.35. The number of hydrogen-bond acceptors (Lipinski definition) is 6. The minimum atomic E-state index is -4.70. The number of rotatable bonds is 4. The predicted octanol–water partition coefficient (Wildman–Crippen LogP) is 2.30. The molecular weight excluding hydrogens is 431 g/mol. The van der Waals surface area contributed by atoms with E-state index in [-0.39, 0.29) is 17.8 Å². The minimum absolute atomic E-state index is 0.0500. The van der Waals surface area contributed by atoms with E-state index in [1.54, 1.807) is 0 Å². The zero-order valence-corrected chi connectivity index (χ0v) is 17.0. The number of piperidine rings is 1. The normalized spacial score (nSPS) is 16.4. The smallest absolute Gasteiger partial charge is 0.437 e. The van der Waals surface area contributed by atoms with Crippen molar-refractivity contribution in [3.8, 4) is 5.75 Å².